The molecule has 0 aliphatic carbocycles. The van der Waals surface area contributed by atoms with E-state index in [-0.39, 0.29) is 0 Å². The average molecular weight is 274 g/mol. The van der Waals surface area contributed by atoms with Crippen LogP contribution in [0.4, 0.5) is 17.6 Å². The normalized spacial score (nSPS) is 18.6. The summed E-state index contributed by atoms with van der Waals surface area (Å²) in [7, 11) is 0. The van der Waals surface area contributed by atoms with Crippen LogP contribution in [-0.2, 0) is 9.53 Å². The van der Waals surface area contributed by atoms with Crippen LogP contribution in [0.15, 0.2) is 0 Å². The van der Waals surface area contributed by atoms with E-state index < -0.39 is 42.9 Å². The number of halogens is 4. The number of hydrogen-bond donors (Lipinski definition) is 1. The fraction of sp³-hybridized carbons (Fsp3) is 0.909. The fourth-order valence-electron chi connectivity index (χ4n) is 1.11. The molecule has 0 saturated heterocycles. The highest BCUT2D eigenvalue weighted by atomic mass is 19.3. The van der Waals surface area contributed by atoms with Crippen LogP contribution in [-0.4, -0.2) is 35.6 Å². The van der Waals surface area contributed by atoms with E-state index >= 15 is 0 Å². The summed E-state index contributed by atoms with van der Waals surface area (Å²) >= 11 is 0. The van der Waals surface area contributed by atoms with Gasteiger partial charge in [-0.1, -0.05) is 13.8 Å². The lowest BCUT2D eigenvalue weighted by molar-refractivity contribution is -0.173. The SMILES string of the molecule is CCC(C)C(=O)OC(CC(C)(O)C(F)F)C(F)F. The summed E-state index contributed by atoms with van der Waals surface area (Å²) in [6.45, 7) is 3.87. The number of ether oxygens (including phenoxy) is 1. The Kier molecular flexibility index (Phi) is 6.59. The highest BCUT2D eigenvalue weighted by molar-refractivity contribution is 5.72. The Morgan fingerprint density at radius 1 is 1.33 bits per heavy atom. The lowest BCUT2D eigenvalue weighted by Crippen LogP contribution is -2.41. The van der Waals surface area contributed by atoms with Gasteiger partial charge in [0, 0.05) is 6.42 Å². The molecule has 0 radical (unpaired) electrons. The molecule has 18 heavy (non-hydrogen) atoms. The molecule has 0 aromatic carbocycles. The first-order chi connectivity index (χ1) is 8.11. The molecule has 0 rings (SSSR count). The van der Waals surface area contributed by atoms with Crippen LogP contribution in [0, 0.1) is 5.92 Å². The van der Waals surface area contributed by atoms with E-state index in [4.69, 9.17) is 0 Å². The average Bonchev–Trinajstić information content (AvgIpc) is 2.26. The van der Waals surface area contributed by atoms with Crippen LogP contribution >= 0.6 is 0 Å². The van der Waals surface area contributed by atoms with Gasteiger partial charge in [0.15, 0.2) is 6.10 Å². The number of esters is 1. The van der Waals surface area contributed by atoms with Crippen LogP contribution < -0.4 is 0 Å². The molecular formula is C11H18F4O3. The van der Waals surface area contributed by atoms with Crippen molar-refractivity contribution in [2.24, 2.45) is 5.92 Å². The molecular weight excluding hydrogens is 256 g/mol. The van der Waals surface area contributed by atoms with Gasteiger partial charge in [-0.3, -0.25) is 4.79 Å². The van der Waals surface area contributed by atoms with E-state index in [0.717, 1.165) is 6.92 Å². The van der Waals surface area contributed by atoms with Gasteiger partial charge in [-0.25, -0.2) is 17.6 Å². The molecule has 3 nitrogen and oxygen atoms in total. The number of alkyl halides is 4. The topological polar surface area (TPSA) is 46.5 Å². The Labute approximate surface area is 103 Å². The second kappa shape index (κ2) is 6.92. The van der Waals surface area contributed by atoms with Crippen molar-refractivity contribution in [1.29, 1.82) is 0 Å². The van der Waals surface area contributed by atoms with Crippen molar-refractivity contribution in [3.63, 3.8) is 0 Å². The van der Waals surface area contributed by atoms with Gasteiger partial charge >= 0.3 is 5.97 Å². The maximum Gasteiger partial charge on any atom is 0.309 e. The van der Waals surface area contributed by atoms with Crippen LogP contribution in [0.5, 0.6) is 0 Å². The number of carbonyl (C=O) groups excluding carboxylic acids is 1. The van der Waals surface area contributed by atoms with E-state index in [9.17, 15) is 27.5 Å². The molecule has 0 fully saturated rings. The molecule has 0 aliphatic heterocycles. The van der Waals surface area contributed by atoms with Gasteiger partial charge < -0.3 is 9.84 Å². The minimum absolute atomic E-state index is 0.389. The monoisotopic (exact) mass is 274 g/mol. The molecule has 3 unspecified atom stereocenters. The zero-order valence-corrected chi connectivity index (χ0v) is 10.5. The maximum atomic E-state index is 12.6. The Balaban J connectivity index is 4.64. The summed E-state index contributed by atoms with van der Waals surface area (Å²) in [5.41, 5.74) is -2.61. The Morgan fingerprint density at radius 2 is 1.83 bits per heavy atom. The van der Waals surface area contributed by atoms with Gasteiger partial charge in [0.1, 0.15) is 5.60 Å². The second-order valence-corrected chi connectivity index (χ2v) is 4.48. The predicted octanol–water partition coefficient (Wildman–Crippen LogP) is 2.62. The Hall–Kier alpha value is -0.850. The standard InChI is InChI=1S/C11H18F4O3/c1-4-6(2)9(16)18-7(8(12)13)5-11(3,17)10(14)15/h6-8,10,17H,4-5H2,1-3H3. The molecule has 1 N–H and O–H groups in total. The molecule has 0 spiro atoms. The summed E-state index contributed by atoms with van der Waals surface area (Å²) in [5.74, 6) is -1.48. The first kappa shape index (κ1) is 17.2. The molecule has 0 amide bonds. The number of carbonyl (C=O) groups is 1. The van der Waals surface area contributed by atoms with E-state index in [1.165, 1.54) is 6.92 Å². The van der Waals surface area contributed by atoms with E-state index in [0.29, 0.717) is 6.42 Å². The van der Waals surface area contributed by atoms with Crippen molar-refractivity contribution >= 4 is 5.97 Å². The number of rotatable bonds is 7. The minimum Gasteiger partial charge on any atom is -0.456 e. The molecule has 0 bridgehead atoms. The van der Waals surface area contributed by atoms with Gasteiger partial charge in [-0.15, -0.1) is 0 Å². The lowest BCUT2D eigenvalue weighted by atomic mass is 9.99. The highest BCUT2D eigenvalue weighted by Crippen LogP contribution is 2.26. The summed E-state index contributed by atoms with van der Waals surface area (Å²) in [4.78, 5) is 11.3. The number of aliphatic hydroxyl groups is 1. The predicted molar refractivity (Wildman–Crippen MR) is 56.6 cm³/mol. The third kappa shape index (κ3) is 5.20. The second-order valence-electron chi connectivity index (χ2n) is 4.48. The van der Waals surface area contributed by atoms with Gasteiger partial charge in [-0.05, 0) is 13.3 Å². The largest absolute Gasteiger partial charge is 0.456 e. The zero-order chi connectivity index (χ0) is 14.5. The van der Waals surface area contributed by atoms with Gasteiger partial charge in [0.2, 0.25) is 0 Å². The minimum atomic E-state index is -3.19. The van der Waals surface area contributed by atoms with Crippen LogP contribution in [0.3, 0.4) is 0 Å². The number of hydrogen-bond acceptors (Lipinski definition) is 3. The lowest BCUT2D eigenvalue weighted by Gasteiger charge is -2.27. The maximum absolute atomic E-state index is 12.6. The summed E-state index contributed by atoms with van der Waals surface area (Å²) < 4.78 is 54.4. The molecule has 0 aromatic rings. The smallest absolute Gasteiger partial charge is 0.309 e. The highest BCUT2D eigenvalue weighted by Gasteiger charge is 2.40. The van der Waals surface area contributed by atoms with Gasteiger partial charge in [0.05, 0.1) is 5.92 Å². The molecule has 7 heteroatoms. The molecule has 0 aromatic heterocycles. The Bertz CT molecular complexity index is 269. The van der Waals surface area contributed by atoms with E-state index in [1.54, 1.807) is 6.92 Å². The van der Waals surface area contributed by atoms with Crippen molar-refractivity contribution < 1.29 is 32.2 Å². The summed E-state index contributed by atoms with van der Waals surface area (Å²) in [5, 5.41) is 9.25. The molecule has 0 saturated carbocycles. The third-order valence-electron chi connectivity index (χ3n) is 2.65. The van der Waals surface area contributed by atoms with Crippen LogP contribution in [0.25, 0.3) is 0 Å². The van der Waals surface area contributed by atoms with Crippen molar-refractivity contribution in [3.05, 3.63) is 0 Å². The van der Waals surface area contributed by atoms with E-state index in [2.05, 4.69) is 4.74 Å². The molecule has 3 atom stereocenters. The van der Waals surface area contributed by atoms with Gasteiger partial charge in [-0.2, -0.15) is 0 Å². The first-order valence-corrected chi connectivity index (χ1v) is 5.61. The summed E-state index contributed by atoms with van der Waals surface area (Å²) in [6, 6.07) is 0. The van der Waals surface area contributed by atoms with Crippen molar-refractivity contribution in [1.82, 2.24) is 0 Å². The third-order valence-corrected chi connectivity index (χ3v) is 2.65. The van der Waals surface area contributed by atoms with Crippen molar-refractivity contribution in [3.8, 4) is 0 Å². The molecule has 0 aliphatic rings. The van der Waals surface area contributed by atoms with Crippen LogP contribution in [0.1, 0.15) is 33.6 Å². The molecule has 0 heterocycles. The summed E-state index contributed by atoms with van der Waals surface area (Å²) in [6.07, 6.45) is -8.97. The van der Waals surface area contributed by atoms with Crippen molar-refractivity contribution in [2.45, 2.75) is 58.2 Å². The Morgan fingerprint density at radius 3 is 2.17 bits per heavy atom. The fourth-order valence-corrected chi connectivity index (χ4v) is 1.11. The van der Waals surface area contributed by atoms with Gasteiger partial charge in [0.25, 0.3) is 12.9 Å². The first-order valence-electron chi connectivity index (χ1n) is 5.61. The quantitative estimate of drug-likeness (QED) is 0.573. The zero-order valence-electron chi connectivity index (χ0n) is 10.5. The van der Waals surface area contributed by atoms with Crippen LogP contribution in [0.2, 0.25) is 0 Å². The van der Waals surface area contributed by atoms with Crippen molar-refractivity contribution in [2.75, 3.05) is 0 Å². The van der Waals surface area contributed by atoms with E-state index in [1.807, 2.05) is 0 Å². The molecule has 108 valence electrons.